The maximum atomic E-state index is 14.4. The van der Waals surface area contributed by atoms with Gasteiger partial charge in [0.15, 0.2) is 0 Å². The summed E-state index contributed by atoms with van der Waals surface area (Å²) in [5.41, 5.74) is -0.0278. The number of carbonyl (C=O) groups is 1. The SMILES string of the molecule is [2H]c1c([2H])c(F)c([2H])c(C([2H])([2H])Oc2ccc(Nc3ncnc4ccc(-c5ccc(CN(CCS(C)(=O)=O)C(=O)OC(C)(C)C)o5)cc34)cc2Cl)c1[2H]. The summed E-state index contributed by atoms with van der Waals surface area (Å²) in [6.45, 7) is 2.05. The van der Waals surface area contributed by atoms with Gasteiger partial charge in [0.2, 0.25) is 0 Å². The van der Waals surface area contributed by atoms with Gasteiger partial charge in [-0.3, -0.25) is 4.90 Å². The van der Waals surface area contributed by atoms with Gasteiger partial charge in [-0.05, 0) is 87.0 Å². The topological polar surface area (TPSA) is 124 Å². The van der Waals surface area contributed by atoms with Crippen molar-refractivity contribution >= 4 is 49.9 Å². The van der Waals surface area contributed by atoms with Gasteiger partial charge in [-0.1, -0.05) is 23.7 Å². The molecule has 0 radical (unpaired) electrons. The van der Waals surface area contributed by atoms with Crippen molar-refractivity contribution in [1.82, 2.24) is 14.9 Å². The Morgan fingerprint density at radius 2 is 1.96 bits per heavy atom. The molecule has 2 aromatic heterocycles. The molecule has 0 atom stereocenters. The number of aromatic nitrogens is 2. The molecule has 0 saturated carbocycles. The number of furan rings is 1. The highest BCUT2D eigenvalue weighted by molar-refractivity contribution is 7.90. The molecule has 0 bridgehead atoms. The summed E-state index contributed by atoms with van der Waals surface area (Å²) in [7, 11) is -3.36. The Bertz CT molecular complexity index is 2290. The molecule has 3 aromatic carbocycles. The van der Waals surface area contributed by atoms with Crippen LogP contribution >= 0.6 is 11.6 Å². The summed E-state index contributed by atoms with van der Waals surface area (Å²) in [5.74, 6) is -0.699. The van der Waals surface area contributed by atoms with Gasteiger partial charge in [0.05, 0.1) is 31.1 Å². The molecule has 1 amide bonds. The van der Waals surface area contributed by atoms with E-state index >= 15 is 0 Å². The van der Waals surface area contributed by atoms with E-state index in [0.29, 0.717) is 39.5 Å². The molecule has 13 heteroatoms. The maximum Gasteiger partial charge on any atom is 0.410 e. The Morgan fingerprint density at radius 1 is 1.15 bits per heavy atom. The minimum absolute atomic E-state index is 0.0376. The molecule has 0 aliphatic heterocycles. The lowest BCUT2D eigenvalue weighted by Gasteiger charge is -2.26. The van der Waals surface area contributed by atoms with Crippen LogP contribution in [0.25, 0.3) is 22.2 Å². The second-order valence-corrected chi connectivity index (χ2v) is 14.1. The van der Waals surface area contributed by atoms with E-state index in [0.717, 1.165) is 6.26 Å². The number of fused-ring (bicyclic) bond motifs is 1. The molecule has 5 rings (SSSR count). The van der Waals surface area contributed by atoms with E-state index in [1.165, 1.54) is 29.4 Å². The predicted octanol–water partition coefficient (Wildman–Crippen LogP) is 7.79. The van der Waals surface area contributed by atoms with Gasteiger partial charge >= 0.3 is 6.09 Å². The van der Waals surface area contributed by atoms with Crippen molar-refractivity contribution in [3.05, 3.63) is 101 Å². The zero-order valence-electron chi connectivity index (χ0n) is 31.8. The fraction of sp³-hybridized carbons (Fsp3) is 0.265. The van der Waals surface area contributed by atoms with E-state index in [9.17, 15) is 17.6 Å². The van der Waals surface area contributed by atoms with Crippen LogP contribution in [0, 0.1) is 5.82 Å². The van der Waals surface area contributed by atoms with E-state index in [4.69, 9.17) is 33.7 Å². The average Bonchev–Trinajstić information content (AvgIpc) is 3.53. The van der Waals surface area contributed by atoms with E-state index in [1.54, 1.807) is 51.1 Å². The second-order valence-electron chi connectivity index (χ2n) is 11.4. The van der Waals surface area contributed by atoms with Crippen molar-refractivity contribution in [2.45, 2.75) is 39.5 Å². The molecule has 0 unspecified atom stereocenters. The third kappa shape index (κ3) is 9.43. The highest BCUT2D eigenvalue weighted by Crippen LogP contribution is 2.33. The van der Waals surface area contributed by atoms with Crippen molar-refractivity contribution in [1.29, 1.82) is 0 Å². The quantitative estimate of drug-likeness (QED) is 0.148. The number of carbonyl (C=O) groups excluding carboxylic acids is 1. The van der Waals surface area contributed by atoms with Gasteiger partial charge in [-0.2, -0.15) is 0 Å². The number of amides is 1. The number of hydrogen-bond donors (Lipinski definition) is 1. The predicted molar refractivity (Wildman–Crippen MR) is 179 cm³/mol. The first-order chi connectivity index (χ1) is 24.6. The van der Waals surface area contributed by atoms with Gasteiger partial charge < -0.3 is 19.2 Å². The van der Waals surface area contributed by atoms with Crippen molar-refractivity contribution in [3.8, 4) is 17.1 Å². The van der Waals surface area contributed by atoms with Crippen molar-refractivity contribution in [2.75, 3.05) is 23.9 Å². The van der Waals surface area contributed by atoms with Crippen LogP contribution in [0.3, 0.4) is 0 Å². The highest BCUT2D eigenvalue weighted by atomic mass is 35.5. The van der Waals surface area contributed by atoms with Crippen LogP contribution in [0.1, 0.15) is 40.3 Å². The molecule has 5 aromatic rings. The van der Waals surface area contributed by atoms with Crippen LogP contribution < -0.4 is 10.1 Å². The van der Waals surface area contributed by atoms with Gasteiger partial charge in [-0.15, -0.1) is 0 Å². The van der Waals surface area contributed by atoms with Gasteiger partial charge in [-0.25, -0.2) is 27.6 Å². The number of rotatable bonds is 11. The van der Waals surface area contributed by atoms with Crippen molar-refractivity contribution in [2.24, 2.45) is 0 Å². The van der Waals surface area contributed by atoms with Crippen LogP contribution in [0.5, 0.6) is 5.75 Å². The molecule has 0 aliphatic carbocycles. The summed E-state index contributed by atoms with van der Waals surface area (Å²) < 4.78 is 103. The number of benzene rings is 3. The Labute approximate surface area is 285 Å². The molecule has 2 heterocycles. The normalized spacial score (nSPS) is 13.9. The molecule has 246 valence electrons. The summed E-state index contributed by atoms with van der Waals surface area (Å²) in [6, 6.07) is 9.15. The molecular formula is C34H34ClFN4O6S. The molecule has 0 aliphatic rings. The van der Waals surface area contributed by atoms with Crippen molar-refractivity contribution < 1.29 is 39.7 Å². The van der Waals surface area contributed by atoms with E-state index in [2.05, 4.69) is 15.3 Å². The van der Waals surface area contributed by atoms with Gasteiger partial charge in [0.1, 0.15) is 57.2 Å². The fourth-order valence-electron chi connectivity index (χ4n) is 4.23. The third-order valence-corrected chi connectivity index (χ3v) is 7.58. The first-order valence-corrected chi connectivity index (χ1v) is 16.6. The number of nitrogens with one attached hydrogen (secondary N) is 1. The van der Waals surface area contributed by atoms with Crippen LogP contribution in [0.4, 0.5) is 20.7 Å². The minimum atomic E-state index is -3.36. The Morgan fingerprint density at radius 3 is 2.70 bits per heavy atom. The number of ether oxygens (including phenoxy) is 2. The molecule has 1 N–H and O–H groups in total. The first kappa shape index (κ1) is 26.4. The Hall–Kier alpha value is -4.68. The van der Waals surface area contributed by atoms with E-state index in [1.807, 2.05) is 0 Å². The zero-order chi connectivity index (χ0) is 39.0. The number of hydrogen-bond acceptors (Lipinski definition) is 9. The zero-order valence-corrected chi connectivity index (χ0v) is 27.3. The maximum absolute atomic E-state index is 14.4. The molecule has 0 saturated heterocycles. The summed E-state index contributed by atoms with van der Waals surface area (Å²) in [4.78, 5) is 22.8. The van der Waals surface area contributed by atoms with Crippen LogP contribution in [-0.2, 0) is 27.7 Å². The van der Waals surface area contributed by atoms with E-state index < -0.39 is 63.6 Å². The number of halogens is 2. The highest BCUT2D eigenvalue weighted by Gasteiger charge is 2.24. The number of nitrogens with zero attached hydrogens (tertiary/aromatic N) is 3. The van der Waals surface area contributed by atoms with E-state index in [-0.39, 0.29) is 29.6 Å². The molecule has 47 heavy (non-hydrogen) atoms. The van der Waals surface area contributed by atoms with Crippen LogP contribution in [0.15, 0.2) is 83.4 Å². The smallest absolute Gasteiger partial charge is 0.410 e. The summed E-state index contributed by atoms with van der Waals surface area (Å²) in [6.07, 6.45) is 1.75. The average molecular weight is 687 g/mol. The molecule has 10 nitrogen and oxygen atoms in total. The monoisotopic (exact) mass is 686 g/mol. The minimum Gasteiger partial charge on any atom is -0.487 e. The lowest BCUT2D eigenvalue weighted by molar-refractivity contribution is 0.0234. The van der Waals surface area contributed by atoms with Crippen LogP contribution in [0.2, 0.25) is 5.02 Å². The molecule has 0 fully saturated rings. The standard InChI is InChI=1S/C34H34ClFN4O6S/c1-34(2,3)46-33(41)40(14-15-47(4,42)43)19-26-10-13-30(45-26)23-8-11-29-27(17-23)32(38-21-37-29)39-25-9-12-31(28(35)18-25)44-20-22-6-5-7-24(36)16-22/h5-13,16-18,21H,14-15,19-20H2,1-4H3,(H,37,38,39)/i5D,6D,7D,16D,20D2. The van der Waals surface area contributed by atoms with Crippen molar-refractivity contribution in [3.63, 3.8) is 0 Å². The van der Waals surface area contributed by atoms with Crippen LogP contribution in [-0.4, -0.2) is 53.5 Å². The Balaban J connectivity index is 1.37. The summed E-state index contributed by atoms with van der Waals surface area (Å²) in [5, 5.41) is 3.63. The molecular weight excluding hydrogens is 647 g/mol. The first-order valence-electron chi connectivity index (χ1n) is 17.1. The number of sulfone groups is 1. The lowest BCUT2D eigenvalue weighted by Crippen LogP contribution is -2.38. The number of anilines is 2. The third-order valence-electron chi connectivity index (χ3n) is 6.36. The molecule has 0 spiro atoms. The lowest BCUT2D eigenvalue weighted by atomic mass is 10.1. The van der Waals surface area contributed by atoms with Gasteiger partial charge in [0.25, 0.3) is 0 Å². The largest absolute Gasteiger partial charge is 0.487 e. The summed E-state index contributed by atoms with van der Waals surface area (Å²) >= 11 is 6.44. The van der Waals surface area contributed by atoms with Gasteiger partial charge in [0, 0.05) is 29.4 Å². The second kappa shape index (κ2) is 14.0. The Kier molecular flexibility index (Phi) is 7.85. The fourth-order valence-corrected chi connectivity index (χ4v) is 5.00.